The van der Waals surface area contributed by atoms with Crippen LogP contribution < -0.4 is 5.32 Å². The second kappa shape index (κ2) is 4.77. The first-order valence-corrected chi connectivity index (χ1v) is 5.24. The Morgan fingerprint density at radius 1 is 1.67 bits per heavy atom. The molecule has 1 unspecified atom stereocenters. The van der Waals surface area contributed by atoms with Crippen molar-refractivity contribution < 1.29 is 9.59 Å². The Morgan fingerprint density at radius 2 is 2.27 bits per heavy atom. The van der Waals surface area contributed by atoms with Gasteiger partial charge in [-0.1, -0.05) is 18.2 Å². The fraction of sp³-hybridized carbons (Fsp3) is 0.600. The Labute approximate surface area is 94.3 Å². The Hall–Kier alpha value is -0.870. The van der Waals surface area contributed by atoms with Gasteiger partial charge in [0.2, 0.25) is 11.8 Å². The molecule has 1 atom stereocenters. The molecular formula is C10H15ClN2O2. The summed E-state index contributed by atoms with van der Waals surface area (Å²) in [7, 11) is 0. The maximum Gasteiger partial charge on any atom is 0.247 e. The highest BCUT2D eigenvalue weighted by molar-refractivity contribution is 6.29. The number of likely N-dealkylation sites (tertiary alicyclic amines) is 1. The molecule has 0 aromatic carbocycles. The first-order chi connectivity index (χ1) is 6.93. The van der Waals surface area contributed by atoms with Gasteiger partial charge >= 0.3 is 0 Å². The van der Waals surface area contributed by atoms with Gasteiger partial charge in [-0.15, -0.1) is 0 Å². The predicted molar refractivity (Wildman–Crippen MR) is 58.4 cm³/mol. The number of halogens is 1. The number of amides is 2. The van der Waals surface area contributed by atoms with E-state index in [0.29, 0.717) is 11.6 Å². The molecule has 1 heterocycles. The minimum absolute atomic E-state index is 0.0870. The van der Waals surface area contributed by atoms with E-state index in [1.165, 1.54) is 4.90 Å². The van der Waals surface area contributed by atoms with E-state index < -0.39 is 6.04 Å². The van der Waals surface area contributed by atoms with E-state index >= 15 is 0 Å². The number of hydrogen-bond acceptors (Lipinski definition) is 3. The summed E-state index contributed by atoms with van der Waals surface area (Å²) in [6.45, 7) is 7.49. The summed E-state index contributed by atoms with van der Waals surface area (Å²) < 4.78 is 0. The number of carbonyl (C=O) groups is 2. The molecule has 0 bridgehead atoms. The van der Waals surface area contributed by atoms with Crippen LogP contribution in [-0.4, -0.2) is 35.3 Å². The maximum atomic E-state index is 11.7. The Morgan fingerprint density at radius 3 is 2.67 bits per heavy atom. The van der Waals surface area contributed by atoms with Crippen LogP contribution in [0.25, 0.3) is 0 Å². The molecule has 0 aromatic rings. The van der Waals surface area contributed by atoms with Gasteiger partial charge in [-0.25, -0.2) is 0 Å². The monoisotopic (exact) mass is 230 g/mol. The van der Waals surface area contributed by atoms with E-state index in [-0.39, 0.29) is 24.3 Å². The Kier molecular flexibility index (Phi) is 3.88. The van der Waals surface area contributed by atoms with Crippen LogP contribution in [0.5, 0.6) is 0 Å². The number of hydrogen-bond donors (Lipinski definition) is 1. The molecule has 1 saturated heterocycles. The third-order valence-corrected chi connectivity index (χ3v) is 2.37. The summed E-state index contributed by atoms with van der Waals surface area (Å²) >= 11 is 5.57. The van der Waals surface area contributed by atoms with Crippen LogP contribution in [0.15, 0.2) is 11.6 Å². The van der Waals surface area contributed by atoms with E-state index in [1.807, 2.05) is 13.8 Å². The highest BCUT2D eigenvalue weighted by Gasteiger charge is 2.39. The van der Waals surface area contributed by atoms with Crippen LogP contribution in [0.3, 0.4) is 0 Å². The molecule has 84 valence electrons. The number of imide groups is 1. The van der Waals surface area contributed by atoms with Crippen molar-refractivity contribution in [1.29, 1.82) is 0 Å². The lowest BCUT2D eigenvalue weighted by Crippen LogP contribution is -2.42. The Balaban J connectivity index is 2.61. The molecule has 0 radical (unpaired) electrons. The van der Waals surface area contributed by atoms with E-state index in [4.69, 9.17) is 11.6 Å². The molecule has 1 N–H and O–H groups in total. The smallest absolute Gasteiger partial charge is 0.247 e. The van der Waals surface area contributed by atoms with Gasteiger partial charge in [0, 0.05) is 17.6 Å². The van der Waals surface area contributed by atoms with Gasteiger partial charge in [0.1, 0.15) is 0 Å². The van der Waals surface area contributed by atoms with Crippen LogP contribution in [0.4, 0.5) is 0 Å². The summed E-state index contributed by atoms with van der Waals surface area (Å²) in [4.78, 5) is 24.5. The number of rotatable bonds is 4. The molecule has 0 aromatic heterocycles. The van der Waals surface area contributed by atoms with E-state index in [1.54, 1.807) is 0 Å². The van der Waals surface area contributed by atoms with Crippen molar-refractivity contribution in [2.45, 2.75) is 32.4 Å². The van der Waals surface area contributed by atoms with Gasteiger partial charge in [-0.05, 0) is 13.8 Å². The second-order valence-corrected chi connectivity index (χ2v) is 4.39. The molecule has 1 rings (SSSR count). The molecule has 0 aliphatic carbocycles. The fourth-order valence-electron chi connectivity index (χ4n) is 1.59. The Bertz CT molecular complexity index is 302. The highest BCUT2D eigenvalue weighted by Crippen LogP contribution is 2.16. The lowest BCUT2D eigenvalue weighted by Gasteiger charge is -2.19. The molecule has 5 heteroatoms. The minimum atomic E-state index is -0.449. The summed E-state index contributed by atoms with van der Waals surface area (Å²) in [6.07, 6.45) is 0.210. The summed E-state index contributed by atoms with van der Waals surface area (Å²) in [6, 6.07) is -0.536. The zero-order valence-electron chi connectivity index (χ0n) is 8.92. The van der Waals surface area contributed by atoms with Gasteiger partial charge in [0.15, 0.2) is 0 Å². The van der Waals surface area contributed by atoms with Crippen molar-refractivity contribution in [3.8, 4) is 0 Å². The molecule has 0 saturated carbocycles. The first kappa shape index (κ1) is 12.2. The average Bonchev–Trinajstić information content (AvgIpc) is 2.37. The second-order valence-electron chi connectivity index (χ2n) is 3.85. The lowest BCUT2D eigenvalue weighted by atomic mass is 10.2. The van der Waals surface area contributed by atoms with Gasteiger partial charge in [-0.3, -0.25) is 14.5 Å². The van der Waals surface area contributed by atoms with Gasteiger partial charge < -0.3 is 5.32 Å². The van der Waals surface area contributed by atoms with Crippen molar-refractivity contribution in [3.05, 3.63) is 11.6 Å². The predicted octanol–water partition coefficient (Wildman–Crippen LogP) is 0.864. The maximum absolute atomic E-state index is 11.7. The minimum Gasteiger partial charge on any atom is -0.300 e. The molecule has 1 fully saturated rings. The number of carbonyl (C=O) groups excluding carboxylic acids is 2. The van der Waals surface area contributed by atoms with Crippen molar-refractivity contribution in [3.63, 3.8) is 0 Å². The average molecular weight is 231 g/mol. The summed E-state index contributed by atoms with van der Waals surface area (Å²) in [5.41, 5.74) is 0. The van der Waals surface area contributed by atoms with Crippen molar-refractivity contribution >= 4 is 23.4 Å². The SMILES string of the molecule is C=C(Cl)CNC1CC(=O)N(C(C)C)C1=O. The van der Waals surface area contributed by atoms with Gasteiger partial charge in [0.25, 0.3) is 0 Å². The molecule has 1 aliphatic rings. The standard InChI is InChI=1S/C10H15ClN2O2/c1-6(2)13-9(14)4-8(10(13)15)12-5-7(3)11/h6,8,12H,3-5H2,1-2H3. The van der Waals surface area contributed by atoms with Crippen molar-refractivity contribution in [1.82, 2.24) is 10.2 Å². The largest absolute Gasteiger partial charge is 0.300 e. The topological polar surface area (TPSA) is 49.4 Å². The molecule has 15 heavy (non-hydrogen) atoms. The van der Waals surface area contributed by atoms with E-state index in [2.05, 4.69) is 11.9 Å². The lowest BCUT2D eigenvalue weighted by molar-refractivity contribution is -0.140. The van der Waals surface area contributed by atoms with Gasteiger partial charge in [-0.2, -0.15) is 0 Å². The zero-order chi connectivity index (χ0) is 11.6. The van der Waals surface area contributed by atoms with E-state index in [9.17, 15) is 9.59 Å². The van der Waals surface area contributed by atoms with Crippen molar-refractivity contribution in [2.75, 3.05) is 6.54 Å². The molecule has 2 amide bonds. The van der Waals surface area contributed by atoms with Crippen LogP contribution in [0, 0.1) is 0 Å². The number of nitrogens with one attached hydrogen (secondary N) is 1. The van der Waals surface area contributed by atoms with Gasteiger partial charge in [0.05, 0.1) is 12.5 Å². The van der Waals surface area contributed by atoms with E-state index in [0.717, 1.165) is 0 Å². The highest BCUT2D eigenvalue weighted by atomic mass is 35.5. The van der Waals surface area contributed by atoms with Crippen molar-refractivity contribution in [2.24, 2.45) is 0 Å². The molecular weight excluding hydrogens is 216 g/mol. The third-order valence-electron chi connectivity index (χ3n) is 2.24. The normalized spacial score (nSPS) is 21.6. The number of nitrogens with zero attached hydrogens (tertiary/aromatic N) is 1. The molecule has 4 nitrogen and oxygen atoms in total. The fourth-order valence-corrected chi connectivity index (χ4v) is 1.66. The third kappa shape index (κ3) is 2.79. The molecule has 0 spiro atoms. The van der Waals surface area contributed by atoms with Crippen LogP contribution in [0.1, 0.15) is 20.3 Å². The van der Waals surface area contributed by atoms with Crippen LogP contribution in [0.2, 0.25) is 0 Å². The van der Waals surface area contributed by atoms with Crippen LogP contribution >= 0.6 is 11.6 Å². The first-order valence-electron chi connectivity index (χ1n) is 4.86. The summed E-state index contributed by atoms with van der Waals surface area (Å²) in [5.74, 6) is -0.305. The summed E-state index contributed by atoms with van der Waals surface area (Å²) in [5, 5.41) is 3.33. The van der Waals surface area contributed by atoms with Crippen LogP contribution in [-0.2, 0) is 9.59 Å². The molecule has 1 aliphatic heterocycles. The zero-order valence-corrected chi connectivity index (χ0v) is 9.67. The quantitative estimate of drug-likeness (QED) is 0.729.